The number of aliphatic hydroxyl groups is 3. The van der Waals surface area contributed by atoms with Gasteiger partial charge in [0.15, 0.2) is 17.3 Å². The molecule has 23 nitrogen and oxygen atoms in total. The Labute approximate surface area is 702 Å². The number of Topliss-reactive ketones (excluding diaryl/α,β-unsaturated/α-hetero) is 3. The molecule has 6 aromatic carbocycles. The fourth-order valence-corrected chi connectivity index (χ4v) is 15.3. The number of methoxy groups -OCH3 is 3. The van der Waals surface area contributed by atoms with Gasteiger partial charge in [0.05, 0.1) is 54.7 Å². The quantitative estimate of drug-likeness (QED) is 0.0277. The summed E-state index contributed by atoms with van der Waals surface area (Å²) in [6.45, 7) is 11.4. The number of hydrogen-bond donors (Lipinski definition) is 5. The van der Waals surface area contributed by atoms with Crippen LogP contribution in [0.2, 0.25) is 0 Å². The van der Waals surface area contributed by atoms with Crippen LogP contribution in [0.1, 0.15) is 171 Å². The van der Waals surface area contributed by atoms with E-state index in [-0.39, 0.29) is 89.0 Å². The van der Waals surface area contributed by atoms with Gasteiger partial charge in [0.1, 0.15) is 140 Å². The van der Waals surface area contributed by atoms with Gasteiger partial charge in [-0.15, -0.1) is 0 Å². The second kappa shape index (κ2) is 34.7. The van der Waals surface area contributed by atoms with Crippen LogP contribution in [0.3, 0.4) is 0 Å². The van der Waals surface area contributed by atoms with Crippen molar-refractivity contribution < 1.29 is 76.1 Å². The predicted molar refractivity (Wildman–Crippen MR) is 457 cm³/mol. The van der Waals surface area contributed by atoms with Gasteiger partial charge in [-0.05, 0) is 206 Å². The molecule has 0 bridgehead atoms. The highest BCUT2D eigenvalue weighted by Gasteiger charge is 2.47. The van der Waals surface area contributed by atoms with Crippen molar-refractivity contribution in [2.24, 2.45) is 0 Å². The van der Waals surface area contributed by atoms with E-state index in [1.54, 1.807) is 182 Å². The molecule has 0 radical (unpaired) electrons. The molecule has 14 aromatic rings. The van der Waals surface area contributed by atoms with Crippen molar-refractivity contribution >= 4 is 56.3 Å². The van der Waals surface area contributed by atoms with Crippen molar-refractivity contribution in [2.75, 3.05) is 41.2 Å². The first kappa shape index (κ1) is 86.4. The number of pyridine rings is 6. The van der Waals surface area contributed by atoms with Crippen LogP contribution in [0.5, 0.6) is 34.5 Å². The van der Waals surface area contributed by atoms with Crippen LogP contribution >= 0.6 is 0 Å². The number of carbonyl (C=O) groups excluding carboxylic acids is 4. The van der Waals surface area contributed by atoms with E-state index in [9.17, 15) is 47.7 Å². The van der Waals surface area contributed by atoms with Crippen LogP contribution in [0.4, 0.5) is 13.2 Å². The van der Waals surface area contributed by atoms with E-state index < -0.39 is 38.9 Å². The zero-order valence-electron chi connectivity index (χ0n) is 67.2. The molecule has 26 heteroatoms. The van der Waals surface area contributed by atoms with E-state index in [0.29, 0.717) is 149 Å². The third kappa shape index (κ3) is 17.0. The standard InChI is InChI=1S/2C32H29FN4O4.C30H27FN2O5.2CH4/c2*1-31(30-35-13-14-36-30)18-41-29-23(31)17-26(37-28(29)19-6-8-22(33)9-7-19)32(2,39)11-10-24(38)21-15-20-5-4-12-34-27(20)25(16-21)40-3;1-29(16-34)17-38-28-22(29)15-25(33-27(28)18-6-8-21(31)9-7-18)30(2,36)11-10-23(35)20-13-19-5-4-12-32-26(19)24(14-20)37-3;;/h2*4-9,12-17,39H,10-11,18H2,1-3H3,(H,35,36);4-9,12-16,36H,10-11,17H2,1-3H3;2*1H4/t2*31-,32-;29-,30-;;/m000../s1. The lowest BCUT2D eigenvalue weighted by atomic mass is 9.81. The van der Waals surface area contributed by atoms with Gasteiger partial charge in [-0.25, -0.2) is 38.1 Å². The van der Waals surface area contributed by atoms with Crippen LogP contribution in [-0.2, 0) is 37.8 Å². The third-order valence-electron chi connectivity index (χ3n) is 22.7. The number of imidazole rings is 2. The number of nitrogens with zero attached hydrogens (tertiary/aromatic N) is 8. The van der Waals surface area contributed by atoms with Crippen LogP contribution in [0.15, 0.2) is 207 Å². The van der Waals surface area contributed by atoms with Gasteiger partial charge in [0, 0.05) is 129 Å². The molecule has 0 unspecified atom stereocenters. The van der Waals surface area contributed by atoms with Crippen LogP contribution in [0.25, 0.3) is 66.5 Å². The number of hydrogen-bond acceptors (Lipinski definition) is 21. The molecule has 5 N–H and O–H groups in total. The lowest BCUT2D eigenvalue weighted by Crippen LogP contribution is -2.28. The van der Waals surface area contributed by atoms with E-state index in [4.69, 9.17) is 38.4 Å². The molecular formula is C96H93F3N10O13. The fourth-order valence-electron chi connectivity index (χ4n) is 15.3. The molecule has 122 heavy (non-hydrogen) atoms. The van der Waals surface area contributed by atoms with Gasteiger partial charge in [-0.1, -0.05) is 33.1 Å². The number of benzene rings is 6. The molecule has 8 aromatic heterocycles. The fraction of sp³-hybridized carbons (Fsp3) is 0.271. The maximum absolute atomic E-state index is 13.8. The first-order chi connectivity index (χ1) is 57.5. The highest BCUT2D eigenvalue weighted by molar-refractivity contribution is 6.03. The normalized spacial score (nSPS) is 17.4. The molecule has 0 fully saturated rings. The molecule has 11 heterocycles. The summed E-state index contributed by atoms with van der Waals surface area (Å²) in [5, 5.41) is 37.3. The SMILES string of the molecule is C.C.COc1cc(C(=O)CC[C@](C)(O)c2cc3c(c(-c4ccc(F)cc4)n2)OC[C@]3(C)C=O)cc2cccnc12.COc1cc(C(=O)CC[C@](C)(O)c2cc3c(c(-c4ccc(F)cc4)n2)OC[C@]3(C)c2ncc[nH]2)cc2cccnc12.COc1cc(C(=O)CC[C@](C)(O)c2cc3c(c(-c4ccc(F)cc4)n2)OC[C@]3(C)c2ncc[nH]2)cc2cccnc12. The maximum atomic E-state index is 13.8. The van der Waals surface area contributed by atoms with Gasteiger partial charge in [0.2, 0.25) is 0 Å². The summed E-state index contributed by atoms with van der Waals surface area (Å²) in [6, 6.07) is 44.4. The Morgan fingerprint density at radius 3 is 1.03 bits per heavy atom. The number of fused-ring (bicyclic) bond motifs is 6. The number of carbonyl (C=O) groups is 4. The second-order valence-corrected chi connectivity index (χ2v) is 31.5. The first-order valence-electron chi connectivity index (χ1n) is 38.9. The largest absolute Gasteiger partial charge is 0.494 e. The van der Waals surface area contributed by atoms with Crippen LogP contribution in [-0.4, -0.2) is 130 Å². The molecule has 0 saturated carbocycles. The van der Waals surface area contributed by atoms with Crippen LogP contribution < -0.4 is 28.4 Å². The summed E-state index contributed by atoms with van der Waals surface area (Å²) in [6.07, 6.45) is 13.2. The van der Waals surface area contributed by atoms with Crippen molar-refractivity contribution in [3.8, 4) is 68.3 Å². The monoisotopic (exact) mass is 1650 g/mol. The van der Waals surface area contributed by atoms with Crippen LogP contribution in [0, 0.1) is 17.5 Å². The molecule has 3 aliphatic heterocycles. The first-order valence-corrected chi connectivity index (χ1v) is 38.9. The van der Waals surface area contributed by atoms with E-state index in [1.807, 2.05) is 44.2 Å². The van der Waals surface area contributed by atoms with Gasteiger partial charge < -0.3 is 58.5 Å². The van der Waals surface area contributed by atoms with Gasteiger partial charge in [0.25, 0.3) is 0 Å². The Kier molecular flexibility index (Phi) is 24.6. The summed E-state index contributed by atoms with van der Waals surface area (Å²) in [5.74, 6) is 2.92. The molecular weight excluding hydrogens is 1560 g/mol. The summed E-state index contributed by atoms with van der Waals surface area (Å²) in [7, 11) is 4.61. The molecule has 0 amide bonds. The van der Waals surface area contributed by atoms with Crippen molar-refractivity contribution in [1.29, 1.82) is 0 Å². The average Bonchev–Trinajstić information content (AvgIpc) is 1.58. The van der Waals surface area contributed by atoms with Crippen molar-refractivity contribution in [1.82, 2.24) is 49.8 Å². The van der Waals surface area contributed by atoms with E-state index in [1.165, 1.54) is 43.5 Å². The second-order valence-electron chi connectivity index (χ2n) is 31.5. The zero-order valence-corrected chi connectivity index (χ0v) is 67.2. The molecule has 0 saturated heterocycles. The Balaban J connectivity index is 0.000000157. The number of nitrogens with one attached hydrogen (secondary N) is 2. The Morgan fingerprint density at radius 1 is 0.434 bits per heavy atom. The minimum atomic E-state index is -1.51. The Morgan fingerprint density at radius 2 is 0.738 bits per heavy atom. The molecule has 0 spiro atoms. The third-order valence-corrected chi connectivity index (χ3v) is 22.7. The van der Waals surface area contributed by atoms with Crippen molar-refractivity contribution in [2.45, 2.75) is 128 Å². The molecule has 3 aliphatic rings. The minimum absolute atomic E-state index is 0. The highest BCUT2D eigenvalue weighted by atomic mass is 19.1. The predicted octanol–water partition coefficient (Wildman–Crippen LogP) is 17.9. The minimum Gasteiger partial charge on any atom is -0.494 e. The number of aldehydes is 1. The number of ether oxygens (including phenoxy) is 6. The number of rotatable bonds is 24. The van der Waals surface area contributed by atoms with E-state index in [2.05, 4.69) is 39.9 Å². The molecule has 626 valence electrons. The summed E-state index contributed by atoms with van der Waals surface area (Å²) in [5.41, 5.74) is 3.32. The topological polar surface area (TPSA) is 319 Å². The number of H-pyrrole nitrogens is 2. The summed E-state index contributed by atoms with van der Waals surface area (Å²) >= 11 is 0. The average molecular weight is 1650 g/mol. The van der Waals surface area contributed by atoms with Gasteiger partial charge in [-0.3, -0.25) is 29.3 Å². The molecule has 0 aliphatic carbocycles. The molecule has 6 atom stereocenters. The van der Waals surface area contributed by atoms with Gasteiger partial charge >= 0.3 is 0 Å². The number of aromatic nitrogens is 10. The lowest BCUT2D eigenvalue weighted by molar-refractivity contribution is -0.112. The summed E-state index contributed by atoms with van der Waals surface area (Å²) < 4.78 is 75.7. The maximum Gasteiger partial charge on any atom is 0.163 e. The van der Waals surface area contributed by atoms with Crippen molar-refractivity contribution in [3.63, 3.8) is 0 Å². The van der Waals surface area contributed by atoms with Crippen molar-refractivity contribution in [3.05, 3.63) is 287 Å². The highest BCUT2D eigenvalue weighted by Crippen LogP contribution is 2.51. The number of halogens is 3. The number of aromatic amines is 2. The van der Waals surface area contributed by atoms with E-state index in [0.717, 1.165) is 33.6 Å². The lowest BCUT2D eigenvalue weighted by Gasteiger charge is -2.26. The number of ketones is 3. The zero-order chi connectivity index (χ0) is 84.6. The van der Waals surface area contributed by atoms with Gasteiger partial charge in [-0.2, -0.15) is 0 Å². The molecule has 17 rings (SSSR count). The smallest absolute Gasteiger partial charge is 0.163 e. The van der Waals surface area contributed by atoms with E-state index >= 15 is 0 Å². The summed E-state index contributed by atoms with van der Waals surface area (Å²) in [4.78, 5) is 94.5. The Bertz CT molecular complexity index is 5990. The Hall–Kier alpha value is -13.4.